The van der Waals surface area contributed by atoms with E-state index in [1.807, 2.05) is 36.4 Å². The van der Waals surface area contributed by atoms with Crippen molar-refractivity contribution in [1.82, 2.24) is 5.16 Å². The molecule has 0 unspecified atom stereocenters. The van der Waals surface area contributed by atoms with Crippen molar-refractivity contribution >= 4 is 5.97 Å². The third-order valence-electron chi connectivity index (χ3n) is 6.93. The molecule has 6 nitrogen and oxygen atoms in total. The largest absolute Gasteiger partial charge is 0.494 e. The van der Waals surface area contributed by atoms with Gasteiger partial charge in [0, 0.05) is 11.6 Å². The first kappa shape index (κ1) is 31.3. The van der Waals surface area contributed by atoms with Crippen LogP contribution in [-0.2, 0) is 0 Å². The van der Waals surface area contributed by atoms with E-state index in [1.54, 1.807) is 18.2 Å². The van der Waals surface area contributed by atoms with Gasteiger partial charge < -0.3 is 18.7 Å². The molecule has 6 heteroatoms. The Bertz CT molecular complexity index is 1070. The molecule has 218 valence electrons. The molecule has 0 spiro atoms. The molecule has 0 aliphatic carbocycles. The van der Waals surface area contributed by atoms with E-state index in [0.29, 0.717) is 18.1 Å². The molecule has 1 heterocycles. The standard InChI is InChI=1S/C34H47NO5/c1-3-5-7-9-11-12-14-16-25-37-29-19-17-28(18-20-29)33-27-32(35-40-33)34(36)39-31-23-21-30(22-24-31)38-26-15-13-10-8-6-4-2/h17-24,27H,3-16,25-26H2,1-2H3. The summed E-state index contributed by atoms with van der Waals surface area (Å²) >= 11 is 0. The first-order valence-corrected chi connectivity index (χ1v) is 15.3. The normalized spacial score (nSPS) is 10.9. The quantitative estimate of drug-likeness (QED) is 0.0748. The van der Waals surface area contributed by atoms with Crippen molar-refractivity contribution in [2.45, 2.75) is 104 Å². The van der Waals surface area contributed by atoms with Crippen molar-refractivity contribution in [3.63, 3.8) is 0 Å². The number of carbonyl (C=O) groups is 1. The van der Waals surface area contributed by atoms with Crippen LogP contribution < -0.4 is 14.2 Å². The number of ether oxygens (including phenoxy) is 3. The molecule has 40 heavy (non-hydrogen) atoms. The fraction of sp³-hybridized carbons (Fsp3) is 0.529. The Morgan fingerprint density at radius 1 is 0.625 bits per heavy atom. The van der Waals surface area contributed by atoms with Crippen molar-refractivity contribution in [3.8, 4) is 28.6 Å². The highest BCUT2D eigenvalue weighted by Gasteiger charge is 2.16. The first-order valence-electron chi connectivity index (χ1n) is 15.3. The van der Waals surface area contributed by atoms with Gasteiger partial charge in [-0.15, -0.1) is 0 Å². The van der Waals surface area contributed by atoms with Crippen LogP contribution in [0.15, 0.2) is 59.1 Å². The number of esters is 1. The second kappa shape index (κ2) is 18.9. The lowest BCUT2D eigenvalue weighted by Gasteiger charge is -2.07. The van der Waals surface area contributed by atoms with E-state index in [2.05, 4.69) is 19.0 Å². The molecule has 0 N–H and O–H groups in total. The summed E-state index contributed by atoms with van der Waals surface area (Å²) in [5, 5.41) is 3.90. The Hall–Kier alpha value is -3.28. The third kappa shape index (κ3) is 11.8. The highest BCUT2D eigenvalue weighted by molar-refractivity contribution is 5.90. The predicted octanol–water partition coefficient (Wildman–Crippen LogP) is 9.82. The second-order valence-electron chi connectivity index (χ2n) is 10.4. The molecule has 0 amide bonds. The van der Waals surface area contributed by atoms with E-state index in [4.69, 9.17) is 18.7 Å². The van der Waals surface area contributed by atoms with Crippen molar-refractivity contribution in [2.75, 3.05) is 13.2 Å². The molecule has 0 saturated heterocycles. The number of hydrogen-bond donors (Lipinski definition) is 0. The second-order valence-corrected chi connectivity index (χ2v) is 10.4. The lowest BCUT2D eigenvalue weighted by molar-refractivity contribution is 0.0724. The van der Waals surface area contributed by atoms with Crippen molar-refractivity contribution < 1.29 is 23.5 Å². The minimum Gasteiger partial charge on any atom is -0.494 e. The lowest BCUT2D eigenvalue weighted by Crippen LogP contribution is -2.08. The van der Waals surface area contributed by atoms with Gasteiger partial charge >= 0.3 is 5.97 Å². The molecule has 0 fully saturated rings. The van der Waals surface area contributed by atoms with Gasteiger partial charge in [-0.2, -0.15) is 0 Å². The van der Waals surface area contributed by atoms with Crippen LogP contribution in [0.4, 0.5) is 0 Å². The van der Waals surface area contributed by atoms with Crippen LogP contribution in [-0.4, -0.2) is 24.3 Å². The van der Waals surface area contributed by atoms with Crippen LogP contribution in [0.5, 0.6) is 17.2 Å². The summed E-state index contributed by atoms with van der Waals surface area (Å²) in [5.74, 6) is 1.95. The Morgan fingerprint density at radius 2 is 1.07 bits per heavy atom. The van der Waals surface area contributed by atoms with Gasteiger partial charge in [-0.3, -0.25) is 0 Å². The Kier molecular flexibility index (Phi) is 14.8. The molecule has 0 radical (unpaired) electrons. The average molecular weight is 550 g/mol. The van der Waals surface area contributed by atoms with Gasteiger partial charge in [0.1, 0.15) is 17.2 Å². The van der Waals surface area contributed by atoms with Crippen LogP contribution in [0.2, 0.25) is 0 Å². The van der Waals surface area contributed by atoms with Gasteiger partial charge in [0.05, 0.1) is 13.2 Å². The SMILES string of the molecule is CCCCCCCCCCOc1ccc(-c2cc(C(=O)Oc3ccc(OCCCCCCCC)cc3)no2)cc1. The van der Waals surface area contributed by atoms with Gasteiger partial charge in [0.25, 0.3) is 0 Å². The zero-order valence-corrected chi connectivity index (χ0v) is 24.5. The fourth-order valence-corrected chi connectivity index (χ4v) is 4.48. The summed E-state index contributed by atoms with van der Waals surface area (Å²) < 4.78 is 22.5. The summed E-state index contributed by atoms with van der Waals surface area (Å²) in [6.45, 7) is 5.89. The van der Waals surface area contributed by atoms with E-state index in [1.165, 1.54) is 77.0 Å². The summed E-state index contributed by atoms with van der Waals surface area (Å²) in [6.07, 6.45) is 17.6. The van der Waals surface area contributed by atoms with Gasteiger partial charge in [-0.1, -0.05) is 96.1 Å². The summed E-state index contributed by atoms with van der Waals surface area (Å²) in [4.78, 5) is 12.6. The van der Waals surface area contributed by atoms with E-state index in [-0.39, 0.29) is 5.69 Å². The molecule has 0 aliphatic rings. The fourth-order valence-electron chi connectivity index (χ4n) is 4.48. The highest BCUT2D eigenvalue weighted by Crippen LogP contribution is 2.25. The third-order valence-corrected chi connectivity index (χ3v) is 6.93. The number of benzene rings is 2. The number of nitrogens with zero attached hydrogens (tertiary/aromatic N) is 1. The summed E-state index contributed by atoms with van der Waals surface area (Å²) in [5.41, 5.74) is 0.936. The van der Waals surface area contributed by atoms with Crippen LogP contribution in [0, 0.1) is 0 Å². The number of aromatic nitrogens is 1. The minimum atomic E-state index is -0.568. The molecule has 1 aromatic heterocycles. The Morgan fingerprint density at radius 3 is 1.60 bits per heavy atom. The maximum absolute atomic E-state index is 12.6. The molecular weight excluding hydrogens is 502 g/mol. The number of rotatable bonds is 21. The van der Waals surface area contributed by atoms with Crippen LogP contribution in [0.1, 0.15) is 114 Å². The number of hydrogen-bond acceptors (Lipinski definition) is 6. The topological polar surface area (TPSA) is 70.8 Å². The highest BCUT2D eigenvalue weighted by atomic mass is 16.5. The first-order chi connectivity index (χ1) is 19.7. The van der Waals surface area contributed by atoms with Crippen molar-refractivity contribution in [3.05, 3.63) is 60.3 Å². The predicted molar refractivity (Wildman–Crippen MR) is 160 cm³/mol. The molecule has 0 bridgehead atoms. The average Bonchev–Trinajstić information content (AvgIpc) is 3.48. The number of unbranched alkanes of at least 4 members (excludes halogenated alkanes) is 12. The van der Waals surface area contributed by atoms with E-state index in [0.717, 1.165) is 36.5 Å². The van der Waals surface area contributed by atoms with E-state index in [9.17, 15) is 4.79 Å². The van der Waals surface area contributed by atoms with E-state index < -0.39 is 5.97 Å². The molecule has 0 saturated carbocycles. The Balaban J connectivity index is 1.36. The molecule has 2 aromatic carbocycles. The number of carbonyl (C=O) groups excluding carboxylic acids is 1. The smallest absolute Gasteiger partial charge is 0.365 e. The molecular formula is C34H47NO5. The minimum absolute atomic E-state index is 0.119. The maximum atomic E-state index is 12.6. The zero-order valence-electron chi connectivity index (χ0n) is 24.5. The maximum Gasteiger partial charge on any atom is 0.365 e. The van der Waals surface area contributed by atoms with Crippen LogP contribution >= 0.6 is 0 Å². The van der Waals surface area contributed by atoms with Gasteiger partial charge in [-0.25, -0.2) is 4.79 Å². The molecule has 0 aliphatic heterocycles. The van der Waals surface area contributed by atoms with Gasteiger partial charge in [0.15, 0.2) is 11.5 Å². The van der Waals surface area contributed by atoms with Gasteiger partial charge in [0.2, 0.25) is 0 Å². The zero-order chi connectivity index (χ0) is 28.3. The van der Waals surface area contributed by atoms with E-state index >= 15 is 0 Å². The summed E-state index contributed by atoms with van der Waals surface area (Å²) in [7, 11) is 0. The molecule has 3 rings (SSSR count). The molecule has 0 atom stereocenters. The van der Waals surface area contributed by atoms with Crippen molar-refractivity contribution in [2.24, 2.45) is 0 Å². The molecule has 3 aromatic rings. The summed E-state index contributed by atoms with van der Waals surface area (Å²) in [6, 6.07) is 16.3. The van der Waals surface area contributed by atoms with Crippen LogP contribution in [0.25, 0.3) is 11.3 Å². The van der Waals surface area contributed by atoms with Crippen LogP contribution in [0.3, 0.4) is 0 Å². The van der Waals surface area contributed by atoms with Crippen molar-refractivity contribution in [1.29, 1.82) is 0 Å². The van der Waals surface area contributed by atoms with Gasteiger partial charge in [-0.05, 0) is 61.4 Å². The monoisotopic (exact) mass is 549 g/mol. The Labute approximate surface area is 240 Å². The lowest BCUT2D eigenvalue weighted by atomic mass is 10.1.